The van der Waals surface area contributed by atoms with Gasteiger partial charge in [-0.15, -0.1) is 10.2 Å². The molecule has 0 aromatic carbocycles. The first-order valence-corrected chi connectivity index (χ1v) is 7.39. The Labute approximate surface area is 121 Å². The van der Waals surface area contributed by atoms with Crippen molar-refractivity contribution in [3.8, 4) is 0 Å². The second kappa shape index (κ2) is 4.66. The highest BCUT2D eigenvalue weighted by Crippen LogP contribution is 2.33. The molecule has 0 N–H and O–H groups in total. The number of carbonyl (C=O) groups is 1. The first kappa shape index (κ1) is 13.2. The first-order valence-electron chi connectivity index (χ1n) is 6.57. The standard InChI is InChI=1S/C13H17N5OS/c1-13(2,3)11-9(7-19)20-12(15-11)17-4-5-18-8-14-16-10(18)6-17/h7-8H,4-6H2,1-3H3. The van der Waals surface area contributed by atoms with Crippen molar-refractivity contribution in [2.45, 2.75) is 39.3 Å². The number of hydrogen-bond acceptors (Lipinski definition) is 6. The van der Waals surface area contributed by atoms with Gasteiger partial charge in [-0.25, -0.2) is 4.98 Å². The van der Waals surface area contributed by atoms with Crippen molar-refractivity contribution < 1.29 is 4.79 Å². The number of hydrogen-bond donors (Lipinski definition) is 0. The van der Waals surface area contributed by atoms with Crippen molar-refractivity contribution in [2.24, 2.45) is 0 Å². The molecule has 2 aromatic rings. The Bertz CT molecular complexity index is 639. The molecule has 1 aliphatic heterocycles. The molecule has 106 valence electrons. The number of rotatable bonds is 2. The molecule has 0 unspecified atom stereocenters. The van der Waals surface area contributed by atoms with Gasteiger partial charge in [-0.2, -0.15) is 0 Å². The lowest BCUT2D eigenvalue weighted by atomic mass is 9.91. The van der Waals surface area contributed by atoms with Crippen LogP contribution in [-0.2, 0) is 18.5 Å². The van der Waals surface area contributed by atoms with Gasteiger partial charge < -0.3 is 9.47 Å². The number of fused-ring (bicyclic) bond motifs is 1. The molecular weight excluding hydrogens is 274 g/mol. The van der Waals surface area contributed by atoms with E-state index in [1.54, 1.807) is 6.33 Å². The second-order valence-electron chi connectivity index (χ2n) is 5.94. The number of anilines is 1. The largest absolute Gasteiger partial charge is 0.339 e. The fraction of sp³-hybridized carbons (Fsp3) is 0.538. The van der Waals surface area contributed by atoms with E-state index in [1.807, 2.05) is 0 Å². The van der Waals surface area contributed by atoms with Crippen LogP contribution in [0.3, 0.4) is 0 Å². The number of aromatic nitrogens is 4. The molecule has 0 saturated heterocycles. The lowest BCUT2D eigenvalue weighted by molar-refractivity contribution is 0.112. The van der Waals surface area contributed by atoms with Gasteiger partial charge in [-0.3, -0.25) is 4.79 Å². The van der Waals surface area contributed by atoms with Crippen LogP contribution in [0.4, 0.5) is 5.13 Å². The second-order valence-corrected chi connectivity index (χ2v) is 6.95. The third-order valence-electron chi connectivity index (χ3n) is 3.37. The summed E-state index contributed by atoms with van der Waals surface area (Å²) in [7, 11) is 0. The van der Waals surface area contributed by atoms with Gasteiger partial charge in [0.05, 0.1) is 17.1 Å². The molecular formula is C13H17N5OS. The maximum atomic E-state index is 11.3. The Balaban J connectivity index is 1.92. The van der Waals surface area contributed by atoms with Crippen LogP contribution < -0.4 is 4.90 Å². The molecule has 6 nitrogen and oxygen atoms in total. The Kier molecular flexibility index (Phi) is 3.08. The van der Waals surface area contributed by atoms with Gasteiger partial charge in [0.25, 0.3) is 0 Å². The molecule has 0 saturated carbocycles. The van der Waals surface area contributed by atoms with Crippen molar-refractivity contribution in [1.82, 2.24) is 19.7 Å². The third-order valence-corrected chi connectivity index (χ3v) is 4.41. The van der Waals surface area contributed by atoms with Crippen molar-refractivity contribution in [3.63, 3.8) is 0 Å². The summed E-state index contributed by atoms with van der Waals surface area (Å²) in [5, 5.41) is 8.93. The fourth-order valence-electron chi connectivity index (χ4n) is 2.30. The molecule has 2 aromatic heterocycles. The number of aldehydes is 1. The van der Waals surface area contributed by atoms with Gasteiger partial charge in [0.1, 0.15) is 6.33 Å². The van der Waals surface area contributed by atoms with Crippen LogP contribution in [-0.4, -0.2) is 32.6 Å². The molecule has 0 atom stereocenters. The normalized spacial score (nSPS) is 15.2. The van der Waals surface area contributed by atoms with E-state index in [9.17, 15) is 4.79 Å². The Hall–Kier alpha value is -1.76. The molecule has 20 heavy (non-hydrogen) atoms. The van der Waals surface area contributed by atoms with Crippen molar-refractivity contribution in [1.29, 1.82) is 0 Å². The molecule has 0 spiro atoms. The molecule has 1 aliphatic rings. The van der Waals surface area contributed by atoms with Crippen LogP contribution in [0.15, 0.2) is 6.33 Å². The van der Waals surface area contributed by atoms with Gasteiger partial charge in [-0.1, -0.05) is 32.1 Å². The topological polar surface area (TPSA) is 63.9 Å². The maximum Gasteiger partial charge on any atom is 0.186 e. The third kappa shape index (κ3) is 2.22. The van der Waals surface area contributed by atoms with E-state index in [-0.39, 0.29) is 5.41 Å². The minimum absolute atomic E-state index is 0.124. The van der Waals surface area contributed by atoms with Gasteiger partial charge in [0.15, 0.2) is 17.2 Å². The predicted molar refractivity (Wildman–Crippen MR) is 77.3 cm³/mol. The zero-order valence-electron chi connectivity index (χ0n) is 11.8. The monoisotopic (exact) mass is 291 g/mol. The first-order chi connectivity index (χ1) is 9.49. The summed E-state index contributed by atoms with van der Waals surface area (Å²) < 4.78 is 2.05. The van der Waals surface area contributed by atoms with Crippen molar-refractivity contribution in [3.05, 3.63) is 22.7 Å². The summed E-state index contributed by atoms with van der Waals surface area (Å²) in [6, 6.07) is 0. The molecule has 0 fully saturated rings. The van der Waals surface area contributed by atoms with E-state index >= 15 is 0 Å². The molecule has 3 heterocycles. The Morgan fingerprint density at radius 3 is 2.80 bits per heavy atom. The fourth-order valence-corrected chi connectivity index (χ4v) is 3.42. The maximum absolute atomic E-state index is 11.3. The summed E-state index contributed by atoms with van der Waals surface area (Å²) >= 11 is 1.46. The van der Waals surface area contributed by atoms with Gasteiger partial charge in [0.2, 0.25) is 0 Å². The summed E-state index contributed by atoms with van der Waals surface area (Å²) in [6.07, 6.45) is 2.67. The minimum Gasteiger partial charge on any atom is -0.339 e. The van der Waals surface area contributed by atoms with Crippen LogP contribution in [0.25, 0.3) is 0 Å². The molecule has 3 rings (SSSR count). The van der Waals surface area contributed by atoms with Crippen LogP contribution in [0.2, 0.25) is 0 Å². The molecule has 0 aliphatic carbocycles. The zero-order chi connectivity index (χ0) is 14.3. The lowest BCUT2D eigenvalue weighted by Crippen LogP contribution is -2.33. The smallest absolute Gasteiger partial charge is 0.186 e. The summed E-state index contributed by atoms with van der Waals surface area (Å²) in [4.78, 5) is 18.8. The quantitative estimate of drug-likeness (QED) is 0.790. The highest BCUT2D eigenvalue weighted by atomic mass is 32.1. The number of carbonyl (C=O) groups excluding carboxylic acids is 1. The average Bonchev–Trinajstić information content (AvgIpc) is 3.03. The van der Waals surface area contributed by atoms with E-state index < -0.39 is 0 Å². The zero-order valence-corrected chi connectivity index (χ0v) is 12.6. The van der Waals surface area contributed by atoms with Crippen LogP contribution in [0, 0.1) is 0 Å². The van der Waals surface area contributed by atoms with E-state index in [0.717, 1.165) is 40.9 Å². The van der Waals surface area contributed by atoms with Gasteiger partial charge >= 0.3 is 0 Å². The summed E-state index contributed by atoms with van der Waals surface area (Å²) in [5.41, 5.74) is 0.750. The Morgan fingerprint density at radius 1 is 1.35 bits per heavy atom. The highest BCUT2D eigenvalue weighted by molar-refractivity contribution is 7.17. The highest BCUT2D eigenvalue weighted by Gasteiger charge is 2.26. The Morgan fingerprint density at radius 2 is 2.15 bits per heavy atom. The van der Waals surface area contributed by atoms with E-state index in [4.69, 9.17) is 0 Å². The molecule has 0 bridgehead atoms. The van der Waals surface area contributed by atoms with E-state index in [1.165, 1.54) is 11.3 Å². The summed E-state index contributed by atoms with van der Waals surface area (Å²) in [5.74, 6) is 0.941. The predicted octanol–water partition coefficient (Wildman–Crippen LogP) is 1.86. The molecule has 0 amide bonds. The van der Waals surface area contributed by atoms with E-state index in [2.05, 4.69) is 45.4 Å². The van der Waals surface area contributed by atoms with Gasteiger partial charge in [0, 0.05) is 18.5 Å². The number of nitrogens with zero attached hydrogens (tertiary/aromatic N) is 5. The minimum atomic E-state index is -0.124. The average molecular weight is 291 g/mol. The SMILES string of the molecule is CC(C)(C)c1nc(N2CCn3cnnc3C2)sc1C=O. The summed E-state index contributed by atoms with van der Waals surface area (Å²) in [6.45, 7) is 8.63. The lowest BCUT2D eigenvalue weighted by Gasteiger charge is -2.26. The van der Waals surface area contributed by atoms with Crippen LogP contribution in [0.5, 0.6) is 0 Å². The van der Waals surface area contributed by atoms with Crippen molar-refractivity contribution in [2.75, 3.05) is 11.4 Å². The van der Waals surface area contributed by atoms with E-state index in [0.29, 0.717) is 6.54 Å². The van der Waals surface area contributed by atoms with Crippen LogP contribution in [0.1, 0.15) is 42.0 Å². The van der Waals surface area contributed by atoms with Crippen molar-refractivity contribution >= 4 is 22.8 Å². The van der Waals surface area contributed by atoms with Gasteiger partial charge in [-0.05, 0) is 0 Å². The molecule has 7 heteroatoms. The van der Waals surface area contributed by atoms with Crippen LogP contribution >= 0.6 is 11.3 Å². The molecule has 0 radical (unpaired) electrons. The number of thiazole rings is 1.